The van der Waals surface area contributed by atoms with Gasteiger partial charge in [0.2, 0.25) is 0 Å². The Morgan fingerprint density at radius 3 is 2.84 bits per heavy atom. The van der Waals surface area contributed by atoms with E-state index in [9.17, 15) is 4.79 Å². The van der Waals surface area contributed by atoms with Gasteiger partial charge in [0.15, 0.2) is 5.82 Å². The molecule has 5 rings (SSSR count). The summed E-state index contributed by atoms with van der Waals surface area (Å²) in [6.07, 6.45) is 3.81. The van der Waals surface area contributed by atoms with Crippen molar-refractivity contribution >= 4 is 27.3 Å². The number of aromatic nitrogens is 3. The molecule has 1 aliphatic heterocycles. The van der Waals surface area contributed by atoms with Crippen LogP contribution in [0.15, 0.2) is 53.3 Å². The molecule has 0 saturated heterocycles. The number of nitrogens with zero attached hydrogens (tertiary/aromatic N) is 4. The van der Waals surface area contributed by atoms with E-state index in [1.807, 2.05) is 11.3 Å². The fraction of sp³-hybridized carbons (Fsp3) is 0.375. The fourth-order valence-corrected chi connectivity index (χ4v) is 5.37. The Kier molecular flexibility index (Phi) is 5.80. The van der Waals surface area contributed by atoms with Crippen LogP contribution in [0.3, 0.4) is 0 Å². The number of furan rings is 1. The van der Waals surface area contributed by atoms with Crippen molar-refractivity contribution in [2.24, 2.45) is 5.92 Å². The lowest BCUT2D eigenvalue weighted by Gasteiger charge is -2.23. The van der Waals surface area contributed by atoms with Crippen LogP contribution in [0.4, 0.5) is 0 Å². The summed E-state index contributed by atoms with van der Waals surface area (Å²) in [4.78, 5) is 16.5. The molecular formula is C24H27N5O2S. The van der Waals surface area contributed by atoms with E-state index in [4.69, 9.17) is 4.42 Å². The Hall–Kier alpha value is -2.97. The second-order valence-electron chi connectivity index (χ2n) is 8.61. The number of nitrogens with one attached hydrogen (secondary N) is 1. The number of rotatable bonds is 6. The van der Waals surface area contributed by atoms with Crippen LogP contribution < -0.4 is 5.32 Å². The Morgan fingerprint density at radius 1 is 1.19 bits per heavy atom. The molecule has 7 nitrogen and oxygen atoms in total. The van der Waals surface area contributed by atoms with Crippen molar-refractivity contribution < 1.29 is 9.21 Å². The number of amides is 1. The fourth-order valence-electron chi connectivity index (χ4n) is 4.26. The molecule has 0 unspecified atom stereocenters. The lowest BCUT2D eigenvalue weighted by molar-refractivity contribution is 0.0921. The summed E-state index contributed by atoms with van der Waals surface area (Å²) in [5, 5.41) is 13.4. The number of thiophene rings is 1. The summed E-state index contributed by atoms with van der Waals surface area (Å²) in [6.45, 7) is 7.80. The summed E-state index contributed by atoms with van der Waals surface area (Å²) < 4.78 is 8.59. The zero-order valence-corrected chi connectivity index (χ0v) is 19.1. The number of hydrogen-bond donors (Lipinski definition) is 1. The Bertz CT molecular complexity index is 1180. The van der Waals surface area contributed by atoms with Gasteiger partial charge in [-0.15, -0.1) is 21.5 Å². The van der Waals surface area contributed by atoms with Gasteiger partial charge in [0, 0.05) is 42.2 Å². The van der Waals surface area contributed by atoms with E-state index >= 15 is 0 Å². The second kappa shape index (κ2) is 8.88. The quantitative estimate of drug-likeness (QED) is 0.476. The summed E-state index contributed by atoms with van der Waals surface area (Å²) in [7, 11) is 0. The highest BCUT2D eigenvalue weighted by molar-refractivity contribution is 7.19. The third-order valence-corrected chi connectivity index (χ3v) is 7.12. The number of fused-ring (bicyclic) bond motifs is 2. The van der Waals surface area contributed by atoms with E-state index in [2.05, 4.69) is 69.2 Å². The highest BCUT2D eigenvalue weighted by Crippen LogP contribution is 2.27. The van der Waals surface area contributed by atoms with Crippen molar-refractivity contribution in [2.45, 2.75) is 39.4 Å². The molecule has 166 valence electrons. The number of carbonyl (C=O) groups is 1. The van der Waals surface area contributed by atoms with Gasteiger partial charge >= 0.3 is 0 Å². The third kappa shape index (κ3) is 4.20. The molecular weight excluding hydrogens is 422 g/mol. The summed E-state index contributed by atoms with van der Waals surface area (Å²) >= 11 is 1.87. The van der Waals surface area contributed by atoms with Crippen molar-refractivity contribution in [3.63, 3.8) is 0 Å². The van der Waals surface area contributed by atoms with Gasteiger partial charge in [-0.3, -0.25) is 9.69 Å². The lowest BCUT2D eigenvalue weighted by atomic mass is 10.0. The third-order valence-electron chi connectivity index (χ3n) is 6.02. The van der Waals surface area contributed by atoms with E-state index in [-0.39, 0.29) is 17.9 Å². The molecule has 0 fully saturated rings. The molecule has 0 spiro atoms. The molecule has 1 atom stereocenters. The highest BCUT2D eigenvalue weighted by Gasteiger charge is 2.28. The van der Waals surface area contributed by atoms with Gasteiger partial charge in [-0.05, 0) is 29.5 Å². The molecule has 0 radical (unpaired) electrons. The number of carbonyl (C=O) groups excluding carboxylic acids is 1. The first-order chi connectivity index (χ1) is 15.6. The topological polar surface area (TPSA) is 76.2 Å². The zero-order chi connectivity index (χ0) is 22.1. The van der Waals surface area contributed by atoms with Crippen LogP contribution >= 0.6 is 11.3 Å². The first-order valence-corrected chi connectivity index (χ1v) is 11.8. The second-order valence-corrected chi connectivity index (χ2v) is 9.78. The van der Waals surface area contributed by atoms with Crippen LogP contribution in [0.2, 0.25) is 0 Å². The average molecular weight is 450 g/mol. The van der Waals surface area contributed by atoms with E-state index in [0.717, 1.165) is 44.2 Å². The maximum absolute atomic E-state index is 12.6. The molecule has 0 bridgehead atoms. The van der Waals surface area contributed by atoms with Crippen LogP contribution in [0.1, 0.15) is 46.8 Å². The lowest BCUT2D eigenvalue weighted by Crippen LogP contribution is -2.34. The first-order valence-electron chi connectivity index (χ1n) is 11.0. The van der Waals surface area contributed by atoms with Gasteiger partial charge < -0.3 is 14.3 Å². The predicted octanol–water partition coefficient (Wildman–Crippen LogP) is 4.27. The van der Waals surface area contributed by atoms with Gasteiger partial charge in [-0.2, -0.15) is 0 Å². The molecule has 4 heterocycles. The number of hydrogen-bond acceptors (Lipinski definition) is 6. The maximum atomic E-state index is 12.6. The molecule has 1 N–H and O–H groups in total. The van der Waals surface area contributed by atoms with Crippen molar-refractivity contribution in [3.05, 3.63) is 71.0 Å². The first kappa shape index (κ1) is 20.9. The van der Waals surface area contributed by atoms with Gasteiger partial charge in [0.25, 0.3) is 5.91 Å². The van der Waals surface area contributed by atoms with Crippen molar-refractivity contribution in [1.82, 2.24) is 25.0 Å². The average Bonchev–Trinajstić information content (AvgIpc) is 3.51. The number of benzene rings is 1. The van der Waals surface area contributed by atoms with Crippen LogP contribution in [-0.4, -0.2) is 38.7 Å². The molecule has 3 aromatic heterocycles. The Labute approximate surface area is 191 Å². The Balaban J connectivity index is 1.31. The zero-order valence-electron chi connectivity index (χ0n) is 18.3. The summed E-state index contributed by atoms with van der Waals surface area (Å²) in [6, 6.07) is 12.3. The molecule has 32 heavy (non-hydrogen) atoms. The van der Waals surface area contributed by atoms with Crippen LogP contribution in [0.25, 0.3) is 10.1 Å². The predicted molar refractivity (Wildman–Crippen MR) is 125 cm³/mol. The molecule has 1 amide bonds. The van der Waals surface area contributed by atoms with Crippen molar-refractivity contribution in [2.75, 3.05) is 13.1 Å². The molecule has 8 heteroatoms. The minimum atomic E-state index is -0.215. The monoisotopic (exact) mass is 449 g/mol. The van der Waals surface area contributed by atoms with E-state index in [1.165, 1.54) is 27.5 Å². The maximum Gasteiger partial charge on any atom is 0.255 e. The van der Waals surface area contributed by atoms with Gasteiger partial charge in [-0.1, -0.05) is 32.0 Å². The van der Waals surface area contributed by atoms with Crippen LogP contribution in [0.5, 0.6) is 0 Å². The van der Waals surface area contributed by atoms with Crippen molar-refractivity contribution in [1.29, 1.82) is 0 Å². The smallest absolute Gasteiger partial charge is 0.255 e. The van der Waals surface area contributed by atoms with Crippen molar-refractivity contribution in [3.8, 4) is 0 Å². The van der Waals surface area contributed by atoms with E-state index in [0.29, 0.717) is 5.56 Å². The minimum Gasteiger partial charge on any atom is -0.472 e. The minimum absolute atomic E-state index is 0.158. The molecule has 1 aliphatic rings. The van der Waals surface area contributed by atoms with E-state index < -0.39 is 0 Å². The van der Waals surface area contributed by atoms with E-state index in [1.54, 1.807) is 6.07 Å². The molecule has 0 aliphatic carbocycles. The van der Waals surface area contributed by atoms with Crippen LogP contribution in [0, 0.1) is 5.92 Å². The molecule has 1 aromatic carbocycles. The highest BCUT2D eigenvalue weighted by atomic mass is 32.1. The Morgan fingerprint density at radius 2 is 2.06 bits per heavy atom. The molecule has 0 saturated carbocycles. The largest absolute Gasteiger partial charge is 0.472 e. The van der Waals surface area contributed by atoms with Gasteiger partial charge in [0.05, 0.1) is 17.9 Å². The molecule has 4 aromatic rings. The SMILES string of the molecule is CC(C)[C@H](NC(=O)c1ccoc1)c1nnc2n1CCN(Cc1cc3ccccc3s1)CC2. The normalized spacial score (nSPS) is 15.6. The van der Waals surface area contributed by atoms with Gasteiger partial charge in [-0.25, -0.2) is 0 Å². The standard InChI is InChI=1S/C24H27N5O2S/c1-16(2)22(25-24(30)18-8-12-31-15-18)23-27-26-21-7-9-28(10-11-29(21)23)14-19-13-17-5-3-4-6-20(17)32-19/h3-6,8,12-13,15-16,22H,7,9-11,14H2,1-2H3,(H,25,30)/t22-/m0/s1. The summed E-state index contributed by atoms with van der Waals surface area (Å²) in [5.41, 5.74) is 0.515. The summed E-state index contributed by atoms with van der Waals surface area (Å²) in [5.74, 6) is 1.84. The van der Waals surface area contributed by atoms with Crippen LogP contribution in [-0.2, 0) is 19.5 Å². The van der Waals surface area contributed by atoms with Gasteiger partial charge in [0.1, 0.15) is 12.1 Å².